The Morgan fingerprint density at radius 3 is 2.67 bits per heavy atom. The lowest BCUT2D eigenvalue weighted by Gasteiger charge is -2.30. The first-order valence-electron chi connectivity index (χ1n) is 8.58. The molecule has 1 heterocycles. The molecule has 1 aliphatic rings. The van der Waals surface area contributed by atoms with Gasteiger partial charge in [-0.05, 0) is 51.2 Å². The van der Waals surface area contributed by atoms with Crippen molar-refractivity contribution in [3.8, 4) is 0 Å². The summed E-state index contributed by atoms with van der Waals surface area (Å²) < 4.78 is 19.6. The number of halogens is 1. The van der Waals surface area contributed by atoms with Crippen LogP contribution in [0.1, 0.15) is 50.1 Å². The van der Waals surface area contributed by atoms with E-state index in [9.17, 15) is 4.39 Å². The minimum absolute atomic E-state index is 0.189. The number of hydrogen-bond donors (Lipinski definition) is 1. The van der Waals surface area contributed by atoms with Gasteiger partial charge in [0.05, 0.1) is 12.2 Å². The lowest BCUT2D eigenvalue weighted by Crippen LogP contribution is -2.31. The predicted octanol–water partition coefficient (Wildman–Crippen LogP) is 4.42. The number of rotatable bonds is 6. The first-order chi connectivity index (χ1) is 11.6. The molecule has 2 aromatic rings. The largest absolute Gasteiger partial charge is 0.376 e. The van der Waals surface area contributed by atoms with Crippen LogP contribution >= 0.6 is 11.3 Å². The van der Waals surface area contributed by atoms with Crippen LogP contribution in [0.4, 0.5) is 9.52 Å². The highest BCUT2D eigenvalue weighted by atomic mass is 32.1. The van der Waals surface area contributed by atoms with Gasteiger partial charge >= 0.3 is 0 Å². The smallest absolute Gasteiger partial charge is 0.205 e. The molecule has 6 heteroatoms. The van der Waals surface area contributed by atoms with Gasteiger partial charge in [-0.15, -0.1) is 10.2 Å². The van der Waals surface area contributed by atoms with Gasteiger partial charge < -0.3 is 10.1 Å². The molecule has 0 radical (unpaired) electrons. The molecule has 0 aliphatic heterocycles. The first-order valence-corrected chi connectivity index (χ1v) is 9.39. The van der Waals surface area contributed by atoms with Gasteiger partial charge in [-0.3, -0.25) is 0 Å². The molecule has 130 valence electrons. The van der Waals surface area contributed by atoms with Gasteiger partial charge in [-0.2, -0.15) is 0 Å². The van der Waals surface area contributed by atoms with Crippen LogP contribution in [0, 0.1) is 5.82 Å². The Labute approximate surface area is 146 Å². The molecule has 0 spiro atoms. The molecule has 0 atom stereocenters. The van der Waals surface area contributed by atoms with Crippen molar-refractivity contribution in [1.82, 2.24) is 10.2 Å². The summed E-state index contributed by atoms with van der Waals surface area (Å²) in [5.74, 6) is -0.189. The van der Waals surface area contributed by atoms with Crippen molar-refractivity contribution in [2.75, 3.05) is 5.32 Å². The molecule has 1 aromatic heterocycles. The number of nitrogens with zero attached hydrogens (tertiary/aromatic N) is 2. The number of benzene rings is 1. The Morgan fingerprint density at radius 2 is 1.96 bits per heavy atom. The van der Waals surface area contributed by atoms with Gasteiger partial charge in [0, 0.05) is 12.5 Å². The zero-order chi connectivity index (χ0) is 16.9. The molecule has 0 unspecified atom stereocenters. The Hall–Kier alpha value is -1.53. The van der Waals surface area contributed by atoms with Crippen molar-refractivity contribution < 1.29 is 9.13 Å². The number of nitrogens with one attached hydrogen (secondary N) is 1. The van der Waals surface area contributed by atoms with Crippen molar-refractivity contribution >= 4 is 16.5 Å². The van der Waals surface area contributed by atoms with Gasteiger partial charge in [-0.1, -0.05) is 29.5 Å². The molecule has 1 fully saturated rings. The molecule has 1 aliphatic carbocycles. The van der Waals surface area contributed by atoms with Crippen LogP contribution in [-0.2, 0) is 11.2 Å². The summed E-state index contributed by atoms with van der Waals surface area (Å²) in [6.07, 6.45) is 5.49. The fraction of sp³-hybridized carbons (Fsp3) is 0.556. The van der Waals surface area contributed by atoms with Gasteiger partial charge in [0.1, 0.15) is 10.8 Å². The molecule has 0 saturated heterocycles. The van der Waals surface area contributed by atoms with Crippen LogP contribution in [0.25, 0.3) is 0 Å². The number of anilines is 1. The maximum Gasteiger partial charge on any atom is 0.205 e. The van der Waals surface area contributed by atoms with Crippen molar-refractivity contribution in [2.45, 2.75) is 64.2 Å². The Balaban J connectivity index is 1.51. The fourth-order valence-corrected chi connectivity index (χ4v) is 3.93. The van der Waals surface area contributed by atoms with Crippen LogP contribution in [0.5, 0.6) is 0 Å². The molecule has 0 bridgehead atoms. The molecular formula is C18H24FN3OS. The highest BCUT2D eigenvalue weighted by molar-refractivity contribution is 7.15. The summed E-state index contributed by atoms with van der Waals surface area (Å²) in [4.78, 5) is 0. The topological polar surface area (TPSA) is 47.0 Å². The van der Waals surface area contributed by atoms with E-state index in [-0.39, 0.29) is 5.82 Å². The van der Waals surface area contributed by atoms with Crippen molar-refractivity contribution in [2.24, 2.45) is 0 Å². The van der Waals surface area contributed by atoms with E-state index in [1.165, 1.54) is 17.4 Å². The van der Waals surface area contributed by atoms with Crippen molar-refractivity contribution in [3.05, 3.63) is 40.7 Å². The van der Waals surface area contributed by atoms with Crippen LogP contribution < -0.4 is 5.32 Å². The fourth-order valence-electron chi connectivity index (χ4n) is 3.09. The molecule has 4 nitrogen and oxygen atoms in total. The minimum atomic E-state index is -0.189. The molecule has 1 aromatic carbocycles. The average Bonchev–Trinajstić information content (AvgIpc) is 2.98. The summed E-state index contributed by atoms with van der Waals surface area (Å²) >= 11 is 1.51. The maximum atomic E-state index is 13.7. The standard InChI is InChI=1S/C18H24FN3OS/c1-12(2)23-15-9-7-14(8-10-15)20-18-22-21-17(24-18)11-13-5-3-4-6-16(13)19/h3-6,12,14-15H,7-11H2,1-2H3,(H,20,22). The zero-order valence-corrected chi connectivity index (χ0v) is 15.0. The van der Waals surface area contributed by atoms with Crippen molar-refractivity contribution in [3.63, 3.8) is 0 Å². The number of hydrogen-bond acceptors (Lipinski definition) is 5. The number of ether oxygens (including phenoxy) is 1. The van der Waals surface area contributed by atoms with Gasteiger partial charge in [0.2, 0.25) is 5.13 Å². The van der Waals surface area contributed by atoms with E-state index in [0.717, 1.165) is 35.8 Å². The van der Waals surface area contributed by atoms with E-state index in [0.29, 0.717) is 30.2 Å². The maximum absolute atomic E-state index is 13.7. The SMILES string of the molecule is CC(C)OC1CCC(Nc2nnc(Cc3ccccc3F)s2)CC1. The second-order valence-electron chi connectivity index (χ2n) is 6.57. The lowest BCUT2D eigenvalue weighted by atomic mass is 9.93. The highest BCUT2D eigenvalue weighted by Crippen LogP contribution is 2.27. The molecule has 1 saturated carbocycles. The van der Waals surface area contributed by atoms with E-state index in [1.807, 2.05) is 6.07 Å². The molecule has 24 heavy (non-hydrogen) atoms. The van der Waals surface area contributed by atoms with E-state index in [4.69, 9.17) is 4.74 Å². The van der Waals surface area contributed by atoms with Crippen LogP contribution in [0.2, 0.25) is 0 Å². The highest BCUT2D eigenvalue weighted by Gasteiger charge is 2.23. The molecular weight excluding hydrogens is 325 g/mol. The van der Waals surface area contributed by atoms with Gasteiger partial charge in [-0.25, -0.2) is 4.39 Å². The molecule has 0 amide bonds. The van der Waals surface area contributed by atoms with Crippen LogP contribution in [0.3, 0.4) is 0 Å². The van der Waals surface area contributed by atoms with E-state index in [1.54, 1.807) is 12.1 Å². The summed E-state index contributed by atoms with van der Waals surface area (Å²) in [5, 5.41) is 13.5. The third kappa shape index (κ3) is 4.74. The second-order valence-corrected chi connectivity index (χ2v) is 7.63. The Morgan fingerprint density at radius 1 is 1.21 bits per heavy atom. The quantitative estimate of drug-likeness (QED) is 0.839. The number of aromatic nitrogens is 2. The third-order valence-electron chi connectivity index (χ3n) is 4.23. The predicted molar refractivity (Wildman–Crippen MR) is 95.0 cm³/mol. The summed E-state index contributed by atoms with van der Waals surface area (Å²) in [7, 11) is 0. The molecule has 1 N–H and O–H groups in total. The summed E-state index contributed by atoms with van der Waals surface area (Å²) in [6.45, 7) is 4.17. The first kappa shape index (κ1) is 17.3. The summed E-state index contributed by atoms with van der Waals surface area (Å²) in [6, 6.07) is 7.24. The third-order valence-corrected chi connectivity index (χ3v) is 5.09. The van der Waals surface area contributed by atoms with Crippen LogP contribution in [-0.4, -0.2) is 28.4 Å². The molecule has 3 rings (SSSR count). The van der Waals surface area contributed by atoms with Gasteiger partial charge in [0.25, 0.3) is 0 Å². The average molecular weight is 349 g/mol. The van der Waals surface area contributed by atoms with Crippen molar-refractivity contribution in [1.29, 1.82) is 0 Å². The van der Waals surface area contributed by atoms with Gasteiger partial charge in [0.15, 0.2) is 0 Å². The lowest BCUT2D eigenvalue weighted by molar-refractivity contribution is -0.0133. The summed E-state index contributed by atoms with van der Waals surface area (Å²) in [5.41, 5.74) is 0.659. The van der Waals surface area contributed by atoms with Crippen LogP contribution in [0.15, 0.2) is 24.3 Å². The van der Waals surface area contributed by atoms with E-state index < -0.39 is 0 Å². The van der Waals surface area contributed by atoms with E-state index in [2.05, 4.69) is 29.4 Å². The zero-order valence-electron chi connectivity index (χ0n) is 14.2. The minimum Gasteiger partial charge on any atom is -0.376 e. The Kier molecular flexibility index (Phi) is 5.79. The normalized spacial score (nSPS) is 21.2. The second kappa shape index (κ2) is 8.03. The monoisotopic (exact) mass is 349 g/mol. The Bertz CT molecular complexity index is 653. The van der Waals surface area contributed by atoms with E-state index >= 15 is 0 Å².